The number of rotatable bonds is 4. The number of hydrogen-bond donors (Lipinski definition) is 1. The van der Waals surface area contributed by atoms with E-state index in [4.69, 9.17) is 4.74 Å². The van der Waals surface area contributed by atoms with E-state index in [9.17, 15) is 4.79 Å². The van der Waals surface area contributed by atoms with E-state index in [1.54, 1.807) is 7.05 Å². The Bertz CT molecular complexity index is 360. The second kappa shape index (κ2) is 7.39. The van der Waals surface area contributed by atoms with Crippen molar-refractivity contribution >= 4 is 18.4 Å². The van der Waals surface area contributed by atoms with E-state index in [2.05, 4.69) is 5.32 Å². The van der Waals surface area contributed by atoms with Crippen LogP contribution >= 0.6 is 12.4 Å². The summed E-state index contributed by atoms with van der Waals surface area (Å²) in [6.07, 6.45) is 0.645. The zero-order valence-corrected chi connectivity index (χ0v) is 12.2. The Morgan fingerprint density at radius 1 is 1.28 bits per heavy atom. The van der Waals surface area contributed by atoms with Crippen molar-refractivity contribution in [3.63, 3.8) is 0 Å². The minimum atomic E-state index is -0.442. The van der Waals surface area contributed by atoms with Crippen molar-refractivity contribution in [2.24, 2.45) is 0 Å². The largest absolute Gasteiger partial charge is 0.459 e. The summed E-state index contributed by atoms with van der Waals surface area (Å²) in [4.78, 5) is 11.9. The molecule has 0 bridgehead atoms. The molecule has 0 aromatic heterocycles. The molecule has 0 aliphatic heterocycles. The topological polar surface area (TPSA) is 38.3 Å². The fourth-order valence-electron chi connectivity index (χ4n) is 1.53. The van der Waals surface area contributed by atoms with E-state index < -0.39 is 5.60 Å². The van der Waals surface area contributed by atoms with Crippen molar-refractivity contribution in [3.8, 4) is 0 Å². The lowest BCUT2D eigenvalue weighted by Crippen LogP contribution is -2.41. The molecule has 0 heterocycles. The van der Waals surface area contributed by atoms with Crippen LogP contribution in [0, 0.1) is 0 Å². The van der Waals surface area contributed by atoms with Crippen LogP contribution in [0.4, 0.5) is 0 Å². The third-order valence-electron chi connectivity index (χ3n) is 2.32. The summed E-state index contributed by atoms with van der Waals surface area (Å²) in [6, 6.07) is 9.62. The summed E-state index contributed by atoms with van der Waals surface area (Å²) in [5, 5.41) is 3.00. The van der Waals surface area contributed by atoms with E-state index in [0.717, 1.165) is 5.56 Å². The van der Waals surface area contributed by atoms with Crippen LogP contribution in [0.25, 0.3) is 0 Å². The van der Waals surface area contributed by atoms with Gasteiger partial charge in [0, 0.05) is 0 Å². The fourth-order valence-corrected chi connectivity index (χ4v) is 1.53. The molecule has 0 fully saturated rings. The van der Waals surface area contributed by atoms with E-state index in [1.807, 2.05) is 51.1 Å². The molecule has 1 aromatic carbocycles. The predicted molar refractivity (Wildman–Crippen MR) is 76.1 cm³/mol. The highest BCUT2D eigenvalue weighted by Gasteiger charge is 2.23. The molecule has 0 amide bonds. The summed E-state index contributed by atoms with van der Waals surface area (Å²) in [5.41, 5.74) is 0.681. The van der Waals surface area contributed by atoms with E-state index in [1.165, 1.54) is 0 Å². The van der Waals surface area contributed by atoms with Gasteiger partial charge in [-0.3, -0.25) is 4.79 Å². The van der Waals surface area contributed by atoms with Gasteiger partial charge in [0.1, 0.15) is 11.6 Å². The summed E-state index contributed by atoms with van der Waals surface area (Å²) in [5.74, 6) is -0.205. The van der Waals surface area contributed by atoms with Gasteiger partial charge >= 0.3 is 5.97 Å². The van der Waals surface area contributed by atoms with Gasteiger partial charge in [0.15, 0.2) is 0 Å². The van der Waals surface area contributed by atoms with Gasteiger partial charge in [0.2, 0.25) is 0 Å². The molecule has 3 nitrogen and oxygen atoms in total. The molecule has 0 saturated heterocycles. The van der Waals surface area contributed by atoms with E-state index in [-0.39, 0.29) is 24.4 Å². The molecule has 0 aliphatic rings. The smallest absolute Gasteiger partial charge is 0.323 e. The van der Waals surface area contributed by atoms with E-state index in [0.29, 0.717) is 6.42 Å². The molecule has 0 radical (unpaired) electrons. The number of likely N-dealkylation sites (N-methyl/N-ethyl adjacent to an activating group) is 1. The summed E-state index contributed by atoms with van der Waals surface area (Å²) in [6.45, 7) is 5.63. The number of ether oxygens (including phenoxy) is 1. The molecule has 1 rings (SSSR count). The van der Waals surface area contributed by atoms with Crippen LogP contribution in [-0.2, 0) is 16.0 Å². The van der Waals surface area contributed by atoms with Crippen LogP contribution in [0.1, 0.15) is 26.3 Å². The molecule has 1 aromatic rings. The van der Waals surface area contributed by atoms with Gasteiger partial charge in [-0.1, -0.05) is 30.3 Å². The van der Waals surface area contributed by atoms with Gasteiger partial charge in [-0.15, -0.1) is 12.4 Å². The highest BCUT2D eigenvalue weighted by atomic mass is 35.5. The standard InChI is InChI=1S/C14H21NO2.ClH/c1-14(2,3)17-13(16)12(15-4)10-11-8-6-5-7-9-11;/h5-9,12,15H,10H2,1-4H3;1H/t12-;/m0./s1. The summed E-state index contributed by atoms with van der Waals surface area (Å²) < 4.78 is 5.36. The minimum Gasteiger partial charge on any atom is -0.459 e. The fraction of sp³-hybridized carbons (Fsp3) is 0.500. The highest BCUT2D eigenvalue weighted by molar-refractivity contribution is 5.85. The van der Waals surface area contributed by atoms with Crippen molar-refractivity contribution in [2.45, 2.75) is 38.8 Å². The number of carbonyl (C=O) groups is 1. The first kappa shape index (κ1) is 16.9. The Morgan fingerprint density at radius 3 is 2.28 bits per heavy atom. The Balaban J connectivity index is 0.00000289. The maximum atomic E-state index is 11.9. The summed E-state index contributed by atoms with van der Waals surface area (Å²) >= 11 is 0. The van der Waals surface area contributed by atoms with Crippen LogP contribution < -0.4 is 5.32 Å². The van der Waals surface area contributed by atoms with Gasteiger partial charge in [-0.2, -0.15) is 0 Å². The van der Waals surface area contributed by atoms with Crippen LogP contribution in [0.2, 0.25) is 0 Å². The lowest BCUT2D eigenvalue weighted by molar-refractivity contribution is -0.157. The Labute approximate surface area is 115 Å². The average molecular weight is 272 g/mol. The van der Waals surface area contributed by atoms with Gasteiger partial charge in [-0.25, -0.2) is 0 Å². The number of benzene rings is 1. The Hall–Kier alpha value is -1.06. The van der Waals surface area contributed by atoms with Gasteiger partial charge < -0.3 is 10.1 Å². The first-order valence-electron chi connectivity index (χ1n) is 5.86. The van der Waals surface area contributed by atoms with Gasteiger partial charge in [-0.05, 0) is 39.8 Å². The number of esters is 1. The monoisotopic (exact) mass is 271 g/mol. The number of hydrogen-bond acceptors (Lipinski definition) is 3. The molecule has 0 aliphatic carbocycles. The number of halogens is 1. The highest BCUT2D eigenvalue weighted by Crippen LogP contribution is 2.11. The maximum Gasteiger partial charge on any atom is 0.323 e. The van der Waals surface area contributed by atoms with Gasteiger partial charge in [0.05, 0.1) is 0 Å². The second-order valence-electron chi connectivity index (χ2n) is 5.06. The molecule has 0 unspecified atom stereocenters. The number of carbonyl (C=O) groups excluding carboxylic acids is 1. The quantitative estimate of drug-likeness (QED) is 0.856. The molecular formula is C14H22ClNO2. The van der Waals surface area contributed by atoms with Gasteiger partial charge in [0.25, 0.3) is 0 Å². The van der Waals surface area contributed by atoms with Crippen molar-refractivity contribution in [2.75, 3.05) is 7.05 Å². The Morgan fingerprint density at radius 2 is 1.83 bits per heavy atom. The molecular weight excluding hydrogens is 250 g/mol. The van der Waals surface area contributed by atoms with Crippen LogP contribution in [-0.4, -0.2) is 24.7 Å². The Kier molecular flexibility index (Phi) is 6.96. The minimum absolute atomic E-state index is 0. The molecule has 102 valence electrons. The second-order valence-corrected chi connectivity index (χ2v) is 5.06. The molecule has 1 N–H and O–H groups in total. The van der Waals surface area contributed by atoms with Crippen LogP contribution in [0.3, 0.4) is 0 Å². The molecule has 18 heavy (non-hydrogen) atoms. The van der Waals surface area contributed by atoms with Crippen molar-refractivity contribution in [1.29, 1.82) is 0 Å². The van der Waals surface area contributed by atoms with E-state index >= 15 is 0 Å². The van der Waals surface area contributed by atoms with Crippen molar-refractivity contribution in [3.05, 3.63) is 35.9 Å². The van der Waals surface area contributed by atoms with Crippen molar-refractivity contribution < 1.29 is 9.53 Å². The lowest BCUT2D eigenvalue weighted by atomic mass is 10.1. The third kappa shape index (κ3) is 6.03. The molecule has 0 spiro atoms. The lowest BCUT2D eigenvalue weighted by Gasteiger charge is -2.23. The molecule has 1 atom stereocenters. The normalized spacial score (nSPS) is 12.4. The zero-order chi connectivity index (χ0) is 12.9. The maximum absolute atomic E-state index is 11.9. The van der Waals surface area contributed by atoms with Crippen LogP contribution in [0.5, 0.6) is 0 Å². The predicted octanol–water partition coefficient (Wildman–Crippen LogP) is 2.58. The summed E-state index contributed by atoms with van der Waals surface area (Å²) in [7, 11) is 1.78. The average Bonchev–Trinajstić information content (AvgIpc) is 2.24. The third-order valence-corrected chi connectivity index (χ3v) is 2.32. The first-order valence-corrected chi connectivity index (χ1v) is 5.86. The number of nitrogens with one attached hydrogen (secondary N) is 1. The van der Waals surface area contributed by atoms with Crippen molar-refractivity contribution in [1.82, 2.24) is 5.32 Å². The molecule has 4 heteroatoms. The SMILES string of the molecule is CN[C@@H](Cc1ccccc1)C(=O)OC(C)(C)C.Cl. The zero-order valence-electron chi connectivity index (χ0n) is 11.4. The van der Waals surface area contributed by atoms with Crippen LogP contribution in [0.15, 0.2) is 30.3 Å². The first-order chi connectivity index (χ1) is 7.92. The molecule has 0 saturated carbocycles.